The maximum Gasteiger partial charge on any atom is 0.235 e. The molecular weight excluding hydrogens is 236 g/mol. The van der Waals surface area contributed by atoms with E-state index in [-0.39, 0.29) is 0 Å². The highest BCUT2D eigenvalue weighted by atomic mass is 33.7. The van der Waals surface area contributed by atoms with Crippen LogP contribution in [0, 0.1) is 0 Å². The molecule has 66 valence electrons. The molecule has 0 aromatic carbocycles. The Balaban J connectivity index is 3.00. The fraction of sp³-hybridized carbons (Fsp3) is 0.500. The number of isocyanates is 2. The predicted octanol–water partition coefficient (Wildman–Crippen LogP) is 2.25. The lowest BCUT2D eigenvalue weighted by Crippen LogP contribution is -1.63. The van der Waals surface area contributed by atoms with Crippen LogP contribution in [0.3, 0.4) is 0 Å². The second-order valence-corrected chi connectivity index (χ2v) is 7.07. The summed E-state index contributed by atoms with van der Waals surface area (Å²) in [5.41, 5.74) is 0. The Morgan fingerprint density at radius 2 is 1.33 bits per heavy atom. The van der Waals surface area contributed by atoms with Gasteiger partial charge in [0.1, 0.15) is 11.8 Å². The van der Waals surface area contributed by atoms with Crippen LogP contribution in [0.25, 0.3) is 0 Å². The Bertz CT molecular complexity index is 177. The van der Waals surface area contributed by atoms with Crippen molar-refractivity contribution in [2.45, 2.75) is 0 Å². The Labute approximate surface area is 84.6 Å². The Morgan fingerprint density at radius 1 is 0.917 bits per heavy atom. The summed E-state index contributed by atoms with van der Waals surface area (Å²) < 4.78 is 0. The van der Waals surface area contributed by atoms with Gasteiger partial charge >= 0.3 is 0 Å². The average Bonchev–Trinajstić information content (AvgIpc) is 2.10. The van der Waals surface area contributed by atoms with E-state index in [1.165, 1.54) is 53.4 Å². The van der Waals surface area contributed by atoms with Crippen LogP contribution in [-0.2, 0) is 9.59 Å². The summed E-state index contributed by atoms with van der Waals surface area (Å²) in [4.78, 5) is 25.9. The normalized spacial score (nSPS) is 8.33. The van der Waals surface area contributed by atoms with Gasteiger partial charge in [-0.25, -0.2) is 9.59 Å². The molecular formula is C4H4N2O2S4. The molecule has 0 N–H and O–H groups in total. The van der Waals surface area contributed by atoms with Crippen LogP contribution in [0.15, 0.2) is 9.98 Å². The number of hydrogen-bond acceptors (Lipinski definition) is 8. The van der Waals surface area contributed by atoms with Crippen LogP contribution < -0.4 is 0 Å². The number of nitrogens with zero attached hydrogens (tertiary/aromatic N) is 2. The largest absolute Gasteiger partial charge is 0.235 e. The van der Waals surface area contributed by atoms with Crippen LogP contribution in [-0.4, -0.2) is 23.9 Å². The molecule has 0 atom stereocenters. The summed E-state index contributed by atoms with van der Waals surface area (Å²) in [7, 11) is 5.81. The highest BCUT2D eigenvalue weighted by Crippen LogP contribution is 2.42. The minimum Gasteiger partial charge on any atom is -0.211 e. The van der Waals surface area contributed by atoms with E-state index >= 15 is 0 Å². The van der Waals surface area contributed by atoms with Gasteiger partial charge in [-0.1, -0.05) is 21.6 Å². The van der Waals surface area contributed by atoms with Crippen molar-refractivity contribution in [3.8, 4) is 0 Å². The lowest BCUT2D eigenvalue weighted by Gasteiger charge is -1.91. The lowest BCUT2D eigenvalue weighted by molar-refractivity contribution is 0.563. The second kappa shape index (κ2) is 11.2. The molecule has 0 amide bonds. The van der Waals surface area contributed by atoms with E-state index in [2.05, 4.69) is 9.98 Å². The highest BCUT2D eigenvalue weighted by Gasteiger charge is 1.89. The summed E-state index contributed by atoms with van der Waals surface area (Å²) in [6, 6.07) is 0. The van der Waals surface area contributed by atoms with Crippen LogP contribution in [0.2, 0.25) is 0 Å². The number of carbonyl (C=O) groups excluding carboxylic acids is 2. The summed E-state index contributed by atoms with van der Waals surface area (Å²) in [5, 5.41) is 0. The van der Waals surface area contributed by atoms with Crippen LogP contribution in [0.4, 0.5) is 0 Å². The molecule has 0 spiro atoms. The van der Waals surface area contributed by atoms with Gasteiger partial charge in [-0.3, -0.25) is 0 Å². The summed E-state index contributed by atoms with van der Waals surface area (Å²) in [6.07, 6.45) is 2.87. The van der Waals surface area contributed by atoms with Crippen LogP contribution in [0.1, 0.15) is 0 Å². The smallest absolute Gasteiger partial charge is 0.211 e. The zero-order valence-electron chi connectivity index (χ0n) is 5.76. The summed E-state index contributed by atoms with van der Waals surface area (Å²) in [5.74, 6) is 0.803. The topological polar surface area (TPSA) is 58.9 Å². The third-order valence-corrected chi connectivity index (χ3v) is 6.31. The maximum absolute atomic E-state index is 9.59. The van der Waals surface area contributed by atoms with Gasteiger partial charge in [0.2, 0.25) is 12.2 Å². The van der Waals surface area contributed by atoms with E-state index in [0.717, 1.165) is 0 Å². The molecule has 12 heavy (non-hydrogen) atoms. The predicted molar refractivity (Wildman–Crippen MR) is 56.3 cm³/mol. The molecule has 0 fully saturated rings. The van der Waals surface area contributed by atoms with Crippen molar-refractivity contribution >= 4 is 53.4 Å². The molecule has 0 aromatic rings. The van der Waals surface area contributed by atoms with Crippen LogP contribution in [0.5, 0.6) is 0 Å². The van der Waals surface area contributed by atoms with Crippen molar-refractivity contribution < 1.29 is 9.59 Å². The van der Waals surface area contributed by atoms with Gasteiger partial charge in [0, 0.05) is 0 Å². The van der Waals surface area contributed by atoms with Gasteiger partial charge in [0.25, 0.3) is 0 Å². The van der Waals surface area contributed by atoms with Crippen molar-refractivity contribution in [2.24, 2.45) is 9.98 Å². The molecule has 8 heteroatoms. The van der Waals surface area contributed by atoms with E-state index < -0.39 is 0 Å². The van der Waals surface area contributed by atoms with E-state index in [0.29, 0.717) is 11.8 Å². The number of hydrogen-bond donors (Lipinski definition) is 0. The molecule has 0 heterocycles. The summed E-state index contributed by atoms with van der Waals surface area (Å²) in [6.45, 7) is 0. The molecule has 0 rings (SSSR count). The van der Waals surface area contributed by atoms with Crippen molar-refractivity contribution in [1.29, 1.82) is 0 Å². The monoisotopic (exact) mass is 240 g/mol. The molecule has 0 aliphatic carbocycles. The van der Waals surface area contributed by atoms with Gasteiger partial charge in [0.05, 0.1) is 0 Å². The van der Waals surface area contributed by atoms with Gasteiger partial charge < -0.3 is 0 Å². The zero-order chi connectivity index (χ0) is 9.07. The van der Waals surface area contributed by atoms with Crippen molar-refractivity contribution in [2.75, 3.05) is 11.8 Å². The van der Waals surface area contributed by atoms with Crippen molar-refractivity contribution in [3.63, 3.8) is 0 Å². The zero-order valence-corrected chi connectivity index (χ0v) is 9.02. The molecule has 0 saturated carbocycles. The highest BCUT2D eigenvalue weighted by molar-refractivity contribution is 9.26. The molecule has 0 aliphatic rings. The molecule has 4 nitrogen and oxygen atoms in total. The SMILES string of the molecule is O=C=NCSSSSCN=C=O. The fourth-order valence-corrected chi connectivity index (χ4v) is 4.98. The lowest BCUT2D eigenvalue weighted by atomic mass is 11.4. The quantitative estimate of drug-likeness (QED) is 0.294. The van der Waals surface area contributed by atoms with Gasteiger partial charge in [-0.15, -0.1) is 0 Å². The van der Waals surface area contributed by atoms with E-state index in [1.807, 2.05) is 0 Å². The van der Waals surface area contributed by atoms with Crippen molar-refractivity contribution in [1.82, 2.24) is 0 Å². The third-order valence-electron chi connectivity index (χ3n) is 0.488. The van der Waals surface area contributed by atoms with E-state index in [4.69, 9.17) is 0 Å². The first kappa shape index (κ1) is 12.2. The molecule has 0 aromatic heterocycles. The Kier molecular flexibility index (Phi) is 11.3. The first-order valence-corrected chi connectivity index (χ1v) is 7.72. The molecule has 0 radical (unpaired) electrons. The molecule has 0 bridgehead atoms. The first-order valence-electron chi connectivity index (χ1n) is 2.57. The molecule has 0 saturated heterocycles. The second-order valence-electron chi connectivity index (χ2n) is 1.13. The third kappa shape index (κ3) is 10.2. The molecule has 0 aliphatic heterocycles. The van der Waals surface area contributed by atoms with Gasteiger partial charge in [0.15, 0.2) is 0 Å². The Morgan fingerprint density at radius 3 is 1.67 bits per heavy atom. The molecule has 0 unspecified atom stereocenters. The fourth-order valence-electron chi connectivity index (χ4n) is 0.188. The first-order chi connectivity index (χ1) is 5.91. The van der Waals surface area contributed by atoms with Crippen LogP contribution >= 0.6 is 41.2 Å². The number of rotatable bonds is 7. The van der Waals surface area contributed by atoms with E-state index in [1.54, 1.807) is 0 Å². The van der Waals surface area contributed by atoms with Gasteiger partial charge in [-0.2, -0.15) is 9.98 Å². The minimum atomic E-state index is 0.401. The minimum absolute atomic E-state index is 0.401. The number of aliphatic imine (C=N–C) groups is 2. The summed E-state index contributed by atoms with van der Waals surface area (Å²) >= 11 is 0. The Hall–Kier alpha value is 0.160. The maximum atomic E-state index is 9.59. The van der Waals surface area contributed by atoms with Crippen molar-refractivity contribution in [3.05, 3.63) is 0 Å². The standard InChI is InChI=1S/C4H4N2O2S4/c7-1-5-3-9-11-12-10-4-6-2-8/h3-4H2. The van der Waals surface area contributed by atoms with Gasteiger partial charge in [-0.05, 0) is 19.7 Å². The van der Waals surface area contributed by atoms with E-state index in [9.17, 15) is 9.59 Å². The average molecular weight is 240 g/mol.